The van der Waals surface area contributed by atoms with Gasteiger partial charge in [0, 0.05) is 48.4 Å². The fourth-order valence-electron chi connectivity index (χ4n) is 3.69. The highest BCUT2D eigenvalue weighted by atomic mass is 32.1. The average molecular weight is 396 g/mol. The van der Waals surface area contributed by atoms with Gasteiger partial charge in [0.1, 0.15) is 6.67 Å². The zero-order chi connectivity index (χ0) is 19.8. The lowest BCUT2D eigenvalue weighted by Crippen LogP contribution is -2.32. The van der Waals surface area contributed by atoms with E-state index in [0.717, 1.165) is 35.6 Å². The third-order valence-electron chi connectivity index (χ3n) is 5.09. The van der Waals surface area contributed by atoms with Gasteiger partial charge in [0.25, 0.3) is 5.69 Å². The molecule has 1 atom stereocenters. The predicted octanol–water partition coefficient (Wildman–Crippen LogP) is 3.81. The Bertz CT molecular complexity index is 1090. The number of rotatable bonds is 5. The van der Waals surface area contributed by atoms with Crippen molar-refractivity contribution in [3.8, 4) is 11.4 Å². The van der Waals surface area contributed by atoms with Gasteiger partial charge in [0.05, 0.1) is 4.92 Å². The van der Waals surface area contributed by atoms with Crippen LogP contribution in [0.1, 0.15) is 19.4 Å². The van der Waals surface area contributed by atoms with E-state index < -0.39 is 0 Å². The van der Waals surface area contributed by atoms with Crippen LogP contribution in [0, 0.1) is 14.9 Å². The molecule has 0 saturated carbocycles. The van der Waals surface area contributed by atoms with Crippen LogP contribution < -0.4 is 4.90 Å². The number of anilines is 1. The number of hydrogen-bond donors (Lipinski definition) is 0. The maximum absolute atomic E-state index is 11.1. The Hall–Kier alpha value is -3.07. The minimum absolute atomic E-state index is 0.125. The molecule has 3 aromatic rings. The summed E-state index contributed by atoms with van der Waals surface area (Å²) >= 11 is 5.67. The van der Waals surface area contributed by atoms with E-state index in [1.807, 2.05) is 34.4 Å². The molecule has 9 heteroatoms. The number of non-ortho nitro benzene ring substituents is 1. The van der Waals surface area contributed by atoms with Crippen LogP contribution >= 0.6 is 12.2 Å². The highest BCUT2D eigenvalue weighted by molar-refractivity contribution is 7.71. The topological polar surface area (TPSA) is 82.0 Å². The van der Waals surface area contributed by atoms with Gasteiger partial charge in [-0.25, -0.2) is 4.68 Å². The van der Waals surface area contributed by atoms with Gasteiger partial charge in [-0.15, -0.1) is 5.10 Å². The van der Waals surface area contributed by atoms with E-state index in [-0.39, 0.29) is 16.7 Å². The Kier molecular flexibility index (Phi) is 4.68. The third-order valence-corrected chi connectivity index (χ3v) is 5.53. The summed E-state index contributed by atoms with van der Waals surface area (Å²) in [7, 11) is 0. The Balaban J connectivity index is 1.70. The normalized spacial score (nSPS) is 15.6. The first-order valence-electron chi connectivity index (χ1n) is 9.11. The molecule has 8 nitrogen and oxygen atoms in total. The van der Waals surface area contributed by atoms with E-state index in [1.54, 1.807) is 24.5 Å². The van der Waals surface area contributed by atoms with E-state index in [1.165, 1.54) is 0 Å². The summed E-state index contributed by atoms with van der Waals surface area (Å²) in [5.74, 6) is 0.811. The van der Waals surface area contributed by atoms with E-state index in [4.69, 9.17) is 17.3 Å². The number of nitro groups is 1. The van der Waals surface area contributed by atoms with Crippen molar-refractivity contribution in [1.29, 1.82) is 0 Å². The van der Waals surface area contributed by atoms with Gasteiger partial charge < -0.3 is 9.47 Å². The van der Waals surface area contributed by atoms with E-state index >= 15 is 0 Å². The lowest BCUT2D eigenvalue weighted by Gasteiger charge is -2.24. The molecule has 144 valence electrons. The highest BCUT2D eigenvalue weighted by Gasteiger charge is 2.28. The van der Waals surface area contributed by atoms with Crippen LogP contribution in [-0.4, -0.2) is 30.3 Å². The van der Waals surface area contributed by atoms with Crippen LogP contribution in [0.25, 0.3) is 11.4 Å². The molecule has 0 bridgehead atoms. The van der Waals surface area contributed by atoms with Gasteiger partial charge >= 0.3 is 0 Å². The van der Waals surface area contributed by atoms with Gasteiger partial charge in [-0.2, -0.15) is 0 Å². The lowest BCUT2D eigenvalue weighted by atomic mass is 10.1. The van der Waals surface area contributed by atoms with Gasteiger partial charge in [0.2, 0.25) is 0 Å². The molecule has 4 rings (SSSR count). The standard InChI is InChI=1S/C19H20N6O2S/c1-3-22-18(14-6-8-20-9-7-14)21-24(19(22)28)12-23-13(2)10-15-11-16(25(26)27)4-5-17(15)23/h4-9,11,13H,3,10,12H2,1-2H3/t13-/m1/s1. The SMILES string of the molecule is CCn1c(-c2ccncc2)nn(CN2c3ccc([N+](=O)[O-])cc3C[C@H]2C)c1=S. The first kappa shape index (κ1) is 18.3. The molecule has 28 heavy (non-hydrogen) atoms. The quantitative estimate of drug-likeness (QED) is 0.370. The van der Waals surface area contributed by atoms with Crippen molar-refractivity contribution in [1.82, 2.24) is 19.3 Å². The average Bonchev–Trinajstić information content (AvgIpc) is 3.18. The van der Waals surface area contributed by atoms with E-state index in [0.29, 0.717) is 11.4 Å². The molecule has 0 fully saturated rings. The second-order valence-corrected chi connectivity index (χ2v) is 7.19. The number of pyridine rings is 1. The second kappa shape index (κ2) is 7.16. The first-order valence-corrected chi connectivity index (χ1v) is 9.52. The number of aromatic nitrogens is 4. The van der Waals surface area contributed by atoms with Gasteiger partial charge in [-0.1, -0.05) is 0 Å². The van der Waals surface area contributed by atoms with Gasteiger partial charge in [0.15, 0.2) is 10.6 Å². The molecule has 3 heterocycles. The van der Waals surface area contributed by atoms with Crippen molar-refractivity contribution < 1.29 is 4.92 Å². The van der Waals surface area contributed by atoms with Crippen molar-refractivity contribution in [3.63, 3.8) is 0 Å². The fourth-order valence-corrected chi connectivity index (χ4v) is 4.00. The zero-order valence-corrected chi connectivity index (χ0v) is 16.5. The van der Waals surface area contributed by atoms with Crippen molar-refractivity contribution in [2.45, 2.75) is 39.5 Å². The summed E-state index contributed by atoms with van der Waals surface area (Å²) in [5.41, 5.74) is 3.07. The molecule has 0 unspecified atom stereocenters. The maximum atomic E-state index is 11.1. The summed E-state index contributed by atoms with van der Waals surface area (Å²) in [5, 5.41) is 15.8. The fraction of sp³-hybridized carbons (Fsp3) is 0.316. The van der Waals surface area contributed by atoms with Crippen LogP contribution in [0.4, 0.5) is 11.4 Å². The van der Waals surface area contributed by atoms with Crippen LogP contribution in [0.15, 0.2) is 42.7 Å². The first-order chi connectivity index (χ1) is 13.5. The maximum Gasteiger partial charge on any atom is 0.269 e. The number of nitrogens with zero attached hydrogens (tertiary/aromatic N) is 6. The summed E-state index contributed by atoms with van der Waals surface area (Å²) in [6.45, 7) is 5.36. The number of fused-ring (bicyclic) bond motifs is 1. The number of nitro benzene ring substituents is 1. The minimum atomic E-state index is -0.354. The summed E-state index contributed by atoms with van der Waals surface area (Å²) < 4.78 is 4.47. The molecule has 0 radical (unpaired) electrons. The summed E-state index contributed by atoms with van der Waals surface area (Å²) in [6, 6.07) is 9.08. The molecule has 0 amide bonds. The van der Waals surface area contributed by atoms with Crippen molar-refractivity contribution >= 4 is 23.6 Å². The molecule has 1 aliphatic heterocycles. The molecule has 1 aromatic carbocycles. The lowest BCUT2D eigenvalue weighted by molar-refractivity contribution is -0.384. The van der Waals surface area contributed by atoms with Crippen LogP contribution in [0.3, 0.4) is 0 Å². The van der Waals surface area contributed by atoms with Crippen LogP contribution in [0.5, 0.6) is 0 Å². The van der Waals surface area contributed by atoms with Crippen LogP contribution in [-0.2, 0) is 19.6 Å². The van der Waals surface area contributed by atoms with Crippen molar-refractivity contribution in [3.05, 3.63) is 63.2 Å². The molecule has 0 saturated heterocycles. The Morgan fingerprint density at radius 2 is 2.04 bits per heavy atom. The van der Waals surface area contributed by atoms with Gasteiger partial charge in [-0.3, -0.25) is 15.1 Å². The summed E-state index contributed by atoms with van der Waals surface area (Å²) in [6.07, 6.45) is 4.24. The molecular formula is C19H20N6O2S. The summed E-state index contributed by atoms with van der Waals surface area (Å²) in [4.78, 5) is 17.0. The molecule has 0 N–H and O–H groups in total. The molecule has 2 aromatic heterocycles. The minimum Gasteiger partial charge on any atom is -0.349 e. The smallest absolute Gasteiger partial charge is 0.269 e. The molecule has 0 spiro atoms. The number of hydrogen-bond acceptors (Lipinski definition) is 6. The second-order valence-electron chi connectivity index (χ2n) is 6.82. The largest absolute Gasteiger partial charge is 0.349 e. The molecule has 1 aliphatic rings. The van der Waals surface area contributed by atoms with Crippen molar-refractivity contribution in [2.75, 3.05) is 4.90 Å². The molecule has 0 aliphatic carbocycles. The van der Waals surface area contributed by atoms with Crippen LogP contribution in [0.2, 0.25) is 0 Å². The predicted molar refractivity (Wildman–Crippen MR) is 109 cm³/mol. The highest BCUT2D eigenvalue weighted by Crippen LogP contribution is 2.35. The Morgan fingerprint density at radius 3 is 2.71 bits per heavy atom. The number of benzene rings is 1. The van der Waals surface area contributed by atoms with Crippen molar-refractivity contribution in [2.24, 2.45) is 0 Å². The van der Waals surface area contributed by atoms with E-state index in [9.17, 15) is 10.1 Å². The monoisotopic (exact) mass is 396 g/mol. The van der Waals surface area contributed by atoms with E-state index in [2.05, 4.69) is 16.8 Å². The van der Waals surface area contributed by atoms with Gasteiger partial charge in [-0.05, 0) is 56.2 Å². The Morgan fingerprint density at radius 1 is 1.29 bits per heavy atom. The Labute approximate surface area is 167 Å². The third kappa shape index (κ3) is 3.07. The zero-order valence-electron chi connectivity index (χ0n) is 15.6. The molecular weight excluding hydrogens is 376 g/mol.